The Hall–Kier alpha value is -3.06. The molecule has 1 aliphatic rings. The third kappa shape index (κ3) is 6.01. The van der Waals surface area contributed by atoms with Crippen molar-refractivity contribution in [2.75, 3.05) is 49.6 Å². The van der Waals surface area contributed by atoms with E-state index in [1.54, 1.807) is 4.90 Å². The molecule has 2 aromatic carbocycles. The smallest absolute Gasteiger partial charge is 0.229 e. The Morgan fingerprint density at radius 3 is 2.47 bits per heavy atom. The Balaban J connectivity index is 1.54. The minimum absolute atomic E-state index is 0.0748. The highest BCUT2D eigenvalue weighted by Crippen LogP contribution is 2.33. The van der Waals surface area contributed by atoms with E-state index in [1.807, 2.05) is 55.5 Å². The van der Waals surface area contributed by atoms with Crippen molar-refractivity contribution in [1.29, 1.82) is 0 Å². The molecule has 0 saturated carbocycles. The Labute approximate surface area is 190 Å². The lowest BCUT2D eigenvalue weighted by Crippen LogP contribution is -2.28. The minimum Gasteiger partial charge on any atom is -0.492 e. The summed E-state index contributed by atoms with van der Waals surface area (Å²) in [5.41, 5.74) is 1.40. The van der Waals surface area contributed by atoms with Crippen LogP contribution < -0.4 is 19.7 Å². The first-order valence-electron chi connectivity index (χ1n) is 11.3. The van der Waals surface area contributed by atoms with Crippen LogP contribution in [0.25, 0.3) is 0 Å². The molecule has 0 spiro atoms. The number of anilines is 2. The summed E-state index contributed by atoms with van der Waals surface area (Å²) in [7, 11) is 0. The van der Waals surface area contributed by atoms with Crippen LogP contribution in [-0.2, 0) is 9.59 Å². The van der Waals surface area contributed by atoms with Crippen molar-refractivity contribution in [2.24, 2.45) is 5.92 Å². The number of hydrogen-bond acceptors (Lipinski definition) is 5. The molecule has 3 rings (SSSR count). The molecule has 1 atom stereocenters. The second-order valence-electron chi connectivity index (χ2n) is 7.70. The summed E-state index contributed by atoms with van der Waals surface area (Å²) < 4.78 is 11.4. The van der Waals surface area contributed by atoms with Crippen molar-refractivity contribution in [1.82, 2.24) is 4.90 Å². The zero-order valence-electron chi connectivity index (χ0n) is 19.2. The van der Waals surface area contributed by atoms with Crippen LogP contribution in [0.5, 0.6) is 11.5 Å². The number of benzene rings is 2. The van der Waals surface area contributed by atoms with Gasteiger partial charge in [-0.05, 0) is 56.4 Å². The molecule has 7 heteroatoms. The topological polar surface area (TPSA) is 71.1 Å². The number of nitrogens with zero attached hydrogens (tertiary/aromatic N) is 2. The van der Waals surface area contributed by atoms with E-state index in [2.05, 4.69) is 24.1 Å². The average Bonchev–Trinajstić information content (AvgIpc) is 3.20. The summed E-state index contributed by atoms with van der Waals surface area (Å²) in [6.07, 6.45) is 0.179. The Morgan fingerprint density at radius 2 is 1.78 bits per heavy atom. The van der Waals surface area contributed by atoms with Crippen LogP contribution in [0.2, 0.25) is 0 Å². The van der Waals surface area contributed by atoms with Gasteiger partial charge in [-0.2, -0.15) is 0 Å². The zero-order chi connectivity index (χ0) is 22.9. The number of carbonyl (C=O) groups is 2. The molecule has 0 radical (unpaired) electrons. The van der Waals surface area contributed by atoms with Gasteiger partial charge in [0.2, 0.25) is 11.8 Å². The van der Waals surface area contributed by atoms with Gasteiger partial charge >= 0.3 is 0 Å². The summed E-state index contributed by atoms with van der Waals surface area (Å²) in [5, 5.41) is 2.92. The quantitative estimate of drug-likeness (QED) is 0.577. The maximum atomic E-state index is 12.8. The van der Waals surface area contributed by atoms with Gasteiger partial charge in [0.1, 0.15) is 18.1 Å². The number of carbonyl (C=O) groups excluding carboxylic acids is 2. The van der Waals surface area contributed by atoms with E-state index in [0.717, 1.165) is 25.4 Å². The summed E-state index contributed by atoms with van der Waals surface area (Å²) >= 11 is 0. The SMILES string of the molecule is CCOc1ccccc1N1CC(C(=O)Nc2ccc(OCCN(CC)CC)cc2)CC1=O. The molecule has 172 valence electrons. The lowest BCUT2D eigenvalue weighted by Gasteiger charge is -2.20. The van der Waals surface area contributed by atoms with Gasteiger partial charge in [0.15, 0.2) is 0 Å². The van der Waals surface area contributed by atoms with Crippen LogP contribution in [0, 0.1) is 5.92 Å². The van der Waals surface area contributed by atoms with E-state index in [9.17, 15) is 9.59 Å². The van der Waals surface area contributed by atoms with Crippen molar-refractivity contribution in [2.45, 2.75) is 27.2 Å². The molecule has 0 aromatic heterocycles. The first-order valence-corrected chi connectivity index (χ1v) is 11.3. The molecule has 1 saturated heterocycles. The fourth-order valence-electron chi connectivity index (χ4n) is 3.78. The fraction of sp³-hybridized carbons (Fsp3) is 0.440. The van der Waals surface area contributed by atoms with E-state index in [0.29, 0.717) is 36.9 Å². The number of amides is 2. The first kappa shape index (κ1) is 23.6. The highest BCUT2D eigenvalue weighted by molar-refractivity contribution is 6.04. The number of likely N-dealkylation sites (N-methyl/N-ethyl adjacent to an activating group) is 1. The van der Waals surface area contributed by atoms with E-state index < -0.39 is 5.92 Å². The van der Waals surface area contributed by atoms with Gasteiger partial charge in [-0.3, -0.25) is 9.59 Å². The van der Waals surface area contributed by atoms with Gasteiger partial charge in [-0.25, -0.2) is 0 Å². The molecule has 1 unspecified atom stereocenters. The van der Waals surface area contributed by atoms with Crippen LogP contribution in [0.1, 0.15) is 27.2 Å². The van der Waals surface area contributed by atoms with Crippen LogP contribution in [-0.4, -0.2) is 56.1 Å². The van der Waals surface area contributed by atoms with Gasteiger partial charge in [0, 0.05) is 25.2 Å². The Morgan fingerprint density at radius 1 is 1.06 bits per heavy atom. The molecular weight excluding hydrogens is 406 g/mol. The second kappa shape index (κ2) is 11.5. The fourth-order valence-corrected chi connectivity index (χ4v) is 3.78. The van der Waals surface area contributed by atoms with Gasteiger partial charge in [0.25, 0.3) is 0 Å². The third-order valence-corrected chi connectivity index (χ3v) is 5.64. The zero-order valence-corrected chi connectivity index (χ0v) is 19.2. The van der Waals surface area contributed by atoms with Crippen LogP contribution in [0.15, 0.2) is 48.5 Å². The summed E-state index contributed by atoms with van der Waals surface area (Å²) in [6, 6.07) is 14.8. The van der Waals surface area contributed by atoms with E-state index >= 15 is 0 Å². The number of para-hydroxylation sites is 2. The lowest BCUT2D eigenvalue weighted by molar-refractivity contribution is -0.122. The monoisotopic (exact) mass is 439 g/mol. The number of ether oxygens (including phenoxy) is 2. The highest BCUT2D eigenvalue weighted by atomic mass is 16.5. The van der Waals surface area contributed by atoms with Gasteiger partial charge in [-0.15, -0.1) is 0 Å². The molecular formula is C25H33N3O4. The summed E-state index contributed by atoms with van der Waals surface area (Å²) in [5.74, 6) is 0.771. The van der Waals surface area contributed by atoms with E-state index in [1.165, 1.54) is 0 Å². The van der Waals surface area contributed by atoms with Crippen LogP contribution in [0.4, 0.5) is 11.4 Å². The summed E-state index contributed by atoms with van der Waals surface area (Å²) in [6.45, 7) is 10.5. The molecule has 2 aromatic rings. The lowest BCUT2D eigenvalue weighted by atomic mass is 10.1. The summed E-state index contributed by atoms with van der Waals surface area (Å²) in [4.78, 5) is 29.3. The van der Waals surface area contributed by atoms with Crippen LogP contribution in [0.3, 0.4) is 0 Å². The Kier molecular flexibility index (Phi) is 8.50. The van der Waals surface area contributed by atoms with Crippen molar-refractivity contribution in [3.63, 3.8) is 0 Å². The Bertz CT molecular complexity index is 896. The predicted molar refractivity (Wildman–Crippen MR) is 126 cm³/mol. The molecule has 2 amide bonds. The molecule has 0 aliphatic carbocycles. The molecule has 0 bridgehead atoms. The van der Waals surface area contributed by atoms with Crippen molar-refractivity contribution in [3.05, 3.63) is 48.5 Å². The van der Waals surface area contributed by atoms with Crippen molar-refractivity contribution < 1.29 is 19.1 Å². The second-order valence-corrected chi connectivity index (χ2v) is 7.70. The first-order chi connectivity index (χ1) is 15.5. The minimum atomic E-state index is -0.415. The maximum absolute atomic E-state index is 12.8. The maximum Gasteiger partial charge on any atom is 0.229 e. The molecule has 32 heavy (non-hydrogen) atoms. The van der Waals surface area contributed by atoms with Crippen molar-refractivity contribution >= 4 is 23.2 Å². The largest absolute Gasteiger partial charge is 0.492 e. The number of hydrogen-bond donors (Lipinski definition) is 1. The molecule has 1 heterocycles. The normalized spacial score (nSPS) is 15.8. The van der Waals surface area contributed by atoms with Gasteiger partial charge in [0.05, 0.1) is 18.2 Å². The molecule has 1 N–H and O–H groups in total. The average molecular weight is 440 g/mol. The van der Waals surface area contributed by atoms with Crippen molar-refractivity contribution in [3.8, 4) is 11.5 Å². The standard InChI is InChI=1S/C25H33N3O4/c1-4-27(5-2)15-16-32-21-13-11-20(12-14-21)26-25(30)19-17-24(29)28(18-19)22-9-7-8-10-23(22)31-6-3/h7-14,19H,4-6,15-18H2,1-3H3,(H,26,30). The third-order valence-electron chi connectivity index (χ3n) is 5.64. The van der Waals surface area contributed by atoms with E-state index in [4.69, 9.17) is 9.47 Å². The van der Waals surface area contributed by atoms with Gasteiger partial charge < -0.3 is 24.6 Å². The predicted octanol–water partition coefficient (Wildman–Crippen LogP) is 3.80. The van der Waals surface area contributed by atoms with Crippen LogP contribution >= 0.6 is 0 Å². The molecule has 1 fully saturated rings. The molecule has 7 nitrogen and oxygen atoms in total. The molecule has 1 aliphatic heterocycles. The van der Waals surface area contributed by atoms with E-state index in [-0.39, 0.29) is 18.2 Å². The number of rotatable bonds is 11. The highest BCUT2D eigenvalue weighted by Gasteiger charge is 2.36. The number of nitrogens with one attached hydrogen (secondary N) is 1. The van der Waals surface area contributed by atoms with Gasteiger partial charge in [-0.1, -0.05) is 26.0 Å².